The van der Waals surface area contributed by atoms with Crippen LogP contribution in [0.4, 0.5) is 0 Å². The van der Waals surface area contributed by atoms with E-state index >= 15 is 0 Å². The van der Waals surface area contributed by atoms with Crippen molar-refractivity contribution >= 4 is 23.2 Å². The lowest BCUT2D eigenvalue weighted by Crippen LogP contribution is -2.10. The molecule has 11 heavy (non-hydrogen) atoms. The topological polar surface area (TPSA) is 9.23 Å². The normalized spacial score (nSPS) is 11.5. The predicted molar refractivity (Wildman–Crippen MR) is 46.3 cm³/mol. The Kier molecular flexibility index (Phi) is 2.77. The molecule has 0 atom stereocenters. The minimum absolute atomic E-state index is 0.679. The van der Waals surface area contributed by atoms with Crippen LogP contribution in [0.15, 0.2) is 30.3 Å². The summed E-state index contributed by atoms with van der Waals surface area (Å²) in [4.78, 5) is 0. The van der Waals surface area contributed by atoms with Crippen LogP contribution in [-0.4, -0.2) is 0 Å². The second-order valence-electron chi connectivity index (χ2n) is 2.03. The monoisotopic (exact) mass is 189 g/mol. The molecule has 0 heterocycles. The molecule has 0 spiro atoms. The Bertz CT molecular complexity index is 221. The van der Waals surface area contributed by atoms with Crippen LogP contribution in [0.2, 0.25) is 0 Å². The standard InChI is InChI=1S/C8H7Cl2O/c1-11-8(9,10)7-5-3-2-4-6-7/h2-6H,1H2. The fourth-order valence-corrected chi connectivity index (χ4v) is 0.967. The van der Waals surface area contributed by atoms with E-state index in [4.69, 9.17) is 23.2 Å². The van der Waals surface area contributed by atoms with Crippen LogP contribution in [0.3, 0.4) is 0 Å². The van der Waals surface area contributed by atoms with E-state index in [1.54, 1.807) is 12.1 Å². The van der Waals surface area contributed by atoms with Gasteiger partial charge in [-0.3, -0.25) is 0 Å². The maximum Gasteiger partial charge on any atom is 0.244 e. The number of halogens is 2. The van der Waals surface area contributed by atoms with Gasteiger partial charge < -0.3 is 4.74 Å². The number of hydrogen-bond donors (Lipinski definition) is 0. The van der Waals surface area contributed by atoms with Crippen molar-refractivity contribution in [2.45, 2.75) is 4.52 Å². The molecule has 0 N–H and O–H groups in total. The smallest absolute Gasteiger partial charge is 0.244 e. The molecule has 0 amide bonds. The van der Waals surface area contributed by atoms with E-state index in [2.05, 4.69) is 11.8 Å². The van der Waals surface area contributed by atoms with Crippen LogP contribution < -0.4 is 0 Å². The van der Waals surface area contributed by atoms with E-state index in [9.17, 15) is 0 Å². The SMILES string of the molecule is [CH2]OC(Cl)(Cl)c1ccccc1. The van der Waals surface area contributed by atoms with Crippen LogP contribution in [0.25, 0.3) is 0 Å². The van der Waals surface area contributed by atoms with E-state index in [0.29, 0.717) is 5.56 Å². The van der Waals surface area contributed by atoms with Crippen LogP contribution in [0.1, 0.15) is 5.56 Å². The highest BCUT2D eigenvalue weighted by Crippen LogP contribution is 2.34. The zero-order chi connectivity index (χ0) is 8.32. The second-order valence-corrected chi connectivity index (χ2v) is 3.29. The second kappa shape index (κ2) is 3.44. The van der Waals surface area contributed by atoms with Gasteiger partial charge >= 0.3 is 0 Å². The Balaban J connectivity index is 2.93. The van der Waals surface area contributed by atoms with Gasteiger partial charge in [0.2, 0.25) is 4.52 Å². The van der Waals surface area contributed by atoms with Gasteiger partial charge in [-0.25, -0.2) is 0 Å². The lowest BCUT2D eigenvalue weighted by molar-refractivity contribution is 0.173. The van der Waals surface area contributed by atoms with E-state index in [1.807, 2.05) is 18.2 Å². The van der Waals surface area contributed by atoms with Crippen LogP contribution in [0.5, 0.6) is 0 Å². The number of alkyl halides is 2. The van der Waals surface area contributed by atoms with E-state index in [0.717, 1.165) is 0 Å². The van der Waals surface area contributed by atoms with Gasteiger partial charge in [0, 0.05) is 5.56 Å². The van der Waals surface area contributed by atoms with Crippen molar-refractivity contribution in [3.8, 4) is 0 Å². The van der Waals surface area contributed by atoms with Gasteiger partial charge in [0.15, 0.2) is 0 Å². The lowest BCUT2D eigenvalue weighted by Gasteiger charge is -2.16. The maximum absolute atomic E-state index is 5.73. The highest BCUT2D eigenvalue weighted by atomic mass is 35.5. The molecule has 0 aromatic heterocycles. The van der Waals surface area contributed by atoms with E-state index < -0.39 is 4.52 Å². The van der Waals surface area contributed by atoms with Crippen molar-refractivity contribution in [2.24, 2.45) is 0 Å². The van der Waals surface area contributed by atoms with Crippen molar-refractivity contribution in [3.05, 3.63) is 43.0 Å². The molecule has 0 saturated heterocycles. The molecule has 0 aliphatic carbocycles. The molecule has 0 saturated carbocycles. The van der Waals surface area contributed by atoms with Crippen molar-refractivity contribution < 1.29 is 4.74 Å². The molecular formula is C8H7Cl2O. The predicted octanol–water partition coefficient (Wildman–Crippen LogP) is 3.08. The minimum atomic E-state index is -1.33. The third-order valence-corrected chi connectivity index (χ3v) is 1.95. The Morgan fingerprint density at radius 2 is 1.73 bits per heavy atom. The van der Waals surface area contributed by atoms with E-state index in [-0.39, 0.29) is 0 Å². The summed E-state index contributed by atoms with van der Waals surface area (Å²) in [5.74, 6) is 0. The molecule has 1 aromatic rings. The molecule has 0 unspecified atom stereocenters. The molecule has 1 aromatic carbocycles. The van der Waals surface area contributed by atoms with Crippen LogP contribution in [0, 0.1) is 7.11 Å². The fraction of sp³-hybridized carbons (Fsp3) is 0.125. The summed E-state index contributed by atoms with van der Waals surface area (Å²) in [7, 11) is 3.17. The first-order chi connectivity index (χ1) is 5.17. The van der Waals surface area contributed by atoms with E-state index in [1.165, 1.54) is 0 Å². The lowest BCUT2D eigenvalue weighted by atomic mass is 10.2. The third-order valence-electron chi connectivity index (χ3n) is 1.29. The molecule has 59 valence electrons. The molecule has 0 fully saturated rings. The van der Waals surface area contributed by atoms with Crippen molar-refractivity contribution in [1.29, 1.82) is 0 Å². The quantitative estimate of drug-likeness (QED) is 0.651. The largest absolute Gasteiger partial charge is 0.341 e. The number of rotatable bonds is 2. The molecule has 3 heteroatoms. The average Bonchev–Trinajstić information content (AvgIpc) is 2.06. The van der Waals surface area contributed by atoms with Crippen molar-refractivity contribution in [1.82, 2.24) is 0 Å². The first-order valence-electron chi connectivity index (χ1n) is 3.03. The molecule has 1 radical (unpaired) electrons. The summed E-state index contributed by atoms with van der Waals surface area (Å²) in [6.07, 6.45) is 0. The summed E-state index contributed by atoms with van der Waals surface area (Å²) < 4.78 is 3.27. The van der Waals surface area contributed by atoms with Gasteiger partial charge in [-0.2, -0.15) is 0 Å². The fourth-order valence-electron chi connectivity index (χ4n) is 0.716. The molecular weight excluding hydrogens is 183 g/mol. The Morgan fingerprint density at radius 1 is 1.18 bits per heavy atom. The molecule has 0 aliphatic rings. The zero-order valence-electron chi connectivity index (χ0n) is 5.76. The molecule has 1 nitrogen and oxygen atoms in total. The summed E-state index contributed by atoms with van der Waals surface area (Å²) in [6.45, 7) is 0. The van der Waals surface area contributed by atoms with Gasteiger partial charge in [0.1, 0.15) is 0 Å². The summed E-state index contributed by atoms with van der Waals surface area (Å²) >= 11 is 11.5. The van der Waals surface area contributed by atoms with Gasteiger partial charge in [0.25, 0.3) is 0 Å². The van der Waals surface area contributed by atoms with Gasteiger partial charge in [-0.15, -0.1) is 0 Å². The third kappa shape index (κ3) is 2.09. The van der Waals surface area contributed by atoms with Crippen LogP contribution >= 0.6 is 23.2 Å². The number of benzene rings is 1. The Labute approximate surface area is 75.9 Å². The summed E-state index contributed by atoms with van der Waals surface area (Å²) in [5.41, 5.74) is 0.679. The Hall–Kier alpha value is -0.240. The van der Waals surface area contributed by atoms with Crippen LogP contribution in [-0.2, 0) is 9.26 Å². The van der Waals surface area contributed by atoms with Crippen molar-refractivity contribution in [2.75, 3.05) is 0 Å². The highest BCUT2D eigenvalue weighted by molar-refractivity contribution is 6.46. The number of hydrogen-bond acceptors (Lipinski definition) is 1. The first kappa shape index (κ1) is 8.85. The van der Waals surface area contributed by atoms with Crippen molar-refractivity contribution in [3.63, 3.8) is 0 Å². The minimum Gasteiger partial charge on any atom is -0.341 e. The Morgan fingerprint density at radius 3 is 2.18 bits per heavy atom. The molecule has 0 bridgehead atoms. The van der Waals surface area contributed by atoms with Gasteiger partial charge in [-0.1, -0.05) is 53.5 Å². The average molecular weight is 190 g/mol. The van der Waals surface area contributed by atoms with Gasteiger partial charge in [-0.05, 0) is 0 Å². The summed E-state index contributed by atoms with van der Waals surface area (Å²) in [6, 6.07) is 9.06. The maximum atomic E-state index is 5.73. The zero-order valence-corrected chi connectivity index (χ0v) is 7.27. The summed E-state index contributed by atoms with van der Waals surface area (Å²) in [5, 5.41) is 0. The molecule has 1 rings (SSSR count). The first-order valence-corrected chi connectivity index (χ1v) is 3.79. The number of ether oxygens (including phenoxy) is 1. The highest BCUT2D eigenvalue weighted by Gasteiger charge is 2.24. The van der Waals surface area contributed by atoms with Gasteiger partial charge in [0.05, 0.1) is 7.11 Å². The molecule has 0 aliphatic heterocycles.